The molecule has 5 nitrogen and oxygen atoms in total. The SMILES string of the molecule is C[C@@H](NC(=O)CN1C(=O)[C@@H]2[C@@H]3C=C[C@H]([C@H]4C[C@H]34)[C@@H]2C1=O)c1ccccc1. The largest absolute Gasteiger partial charge is 0.348 e. The third-order valence-electron chi connectivity index (χ3n) is 6.73. The van der Waals surface area contributed by atoms with Crippen molar-refractivity contribution in [2.75, 3.05) is 6.54 Å². The van der Waals surface area contributed by atoms with E-state index in [2.05, 4.69) is 17.5 Å². The van der Waals surface area contributed by atoms with Crippen LogP contribution in [0, 0.1) is 35.5 Å². The molecule has 2 saturated carbocycles. The average molecular weight is 350 g/mol. The number of allylic oxidation sites excluding steroid dienone is 2. The second-order valence-electron chi connectivity index (χ2n) is 8.12. The van der Waals surface area contributed by atoms with Gasteiger partial charge in [0, 0.05) is 0 Å². The first-order valence-corrected chi connectivity index (χ1v) is 9.44. The molecule has 5 aliphatic rings. The summed E-state index contributed by atoms with van der Waals surface area (Å²) in [6, 6.07) is 9.50. The summed E-state index contributed by atoms with van der Waals surface area (Å²) < 4.78 is 0. The van der Waals surface area contributed by atoms with Gasteiger partial charge in [0.2, 0.25) is 17.7 Å². The van der Waals surface area contributed by atoms with Crippen LogP contribution in [0.3, 0.4) is 0 Å². The van der Waals surface area contributed by atoms with Crippen LogP contribution in [0.2, 0.25) is 0 Å². The number of amides is 3. The van der Waals surface area contributed by atoms with Crippen LogP contribution in [-0.2, 0) is 14.4 Å². The monoisotopic (exact) mass is 350 g/mol. The Kier molecular flexibility index (Phi) is 3.36. The van der Waals surface area contributed by atoms with E-state index in [4.69, 9.17) is 0 Å². The minimum absolute atomic E-state index is 0.146. The van der Waals surface area contributed by atoms with Crippen LogP contribution in [0.15, 0.2) is 42.5 Å². The molecule has 7 atom stereocenters. The van der Waals surface area contributed by atoms with Crippen LogP contribution in [0.5, 0.6) is 0 Å². The number of nitrogens with zero attached hydrogens (tertiary/aromatic N) is 1. The lowest BCUT2D eigenvalue weighted by molar-refractivity contribution is -0.144. The number of rotatable bonds is 4. The molecule has 1 aliphatic heterocycles. The van der Waals surface area contributed by atoms with Gasteiger partial charge in [-0.1, -0.05) is 42.5 Å². The van der Waals surface area contributed by atoms with Crippen molar-refractivity contribution in [3.63, 3.8) is 0 Å². The van der Waals surface area contributed by atoms with Crippen molar-refractivity contribution in [2.45, 2.75) is 19.4 Å². The van der Waals surface area contributed by atoms with E-state index in [1.54, 1.807) is 0 Å². The molecule has 1 N–H and O–H groups in total. The number of imide groups is 1. The van der Waals surface area contributed by atoms with Gasteiger partial charge in [0.25, 0.3) is 0 Å². The van der Waals surface area contributed by atoms with Crippen LogP contribution in [-0.4, -0.2) is 29.2 Å². The van der Waals surface area contributed by atoms with Gasteiger partial charge in [-0.3, -0.25) is 19.3 Å². The van der Waals surface area contributed by atoms with Gasteiger partial charge in [-0.05, 0) is 42.6 Å². The lowest BCUT2D eigenvalue weighted by Gasteiger charge is -2.37. The van der Waals surface area contributed by atoms with Crippen LogP contribution in [0.1, 0.15) is 24.9 Å². The van der Waals surface area contributed by atoms with Crippen LogP contribution in [0.25, 0.3) is 0 Å². The molecule has 0 spiro atoms. The molecule has 0 aromatic heterocycles. The highest BCUT2D eigenvalue weighted by atomic mass is 16.2. The van der Waals surface area contributed by atoms with E-state index in [-0.39, 0.29) is 54.0 Å². The zero-order valence-corrected chi connectivity index (χ0v) is 14.7. The molecule has 2 bridgehead atoms. The van der Waals surface area contributed by atoms with E-state index >= 15 is 0 Å². The van der Waals surface area contributed by atoms with E-state index in [0.29, 0.717) is 11.8 Å². The number of hydrogen-bond acceptors (Lipinski definition) is 3. The van der Waals surface area contributed by atoms with Gasteiger partial charge in [-0.25, -0.2) is 0 Å². The van der Waals surface area contributed by atoms with Crippen molar-refractivity contribution in [2.24, 2.45) is 35.5 Å². The zero-order valence-electron chi connectivity index (χ0n) is 14.7. The summed E-state index contributed by atoms with van der Waals surface area (Å²) in [5, 5.41) is 2.90. The summed E-state index contributed by atoms with van der Waals surface area (Å²) in [6.07, 6.45) is 5.43. The van der Waals surface area contributed by atoms with Crippen molar-refractivity contribution in [1.29, 1.82) is 0 Å². The molecule has 6 rings (SSSR count). The highest BCUT2D eigenvalue weighted by molar-refractivity contribution is 6.08. The maximum absolute atomic E-state index is 12.9. The number of hydrogen-bond donors (Lipinski definition) is 1. The zero-order chi connectivity index (χ0) is 18.0. The van der Waals surface area contributed by atoms with Gasteiger partial charge < -0.3 is 5.32 Å². The van der Waals surface area contributed by atoms with Gasteiger partial charge in [-0.15, -0.1) is 0 Å². The predicted molar refractivity (Wildman–Crippen MR) is 94.4 cm³/mol. The Morgan fingerprint density at radius 2 is 1.65 bits per heavy atom. The summed E-state index contributed by atoms with van der Waals surface area (Å²) in [5.41, 5.74) is 0.996. The van der Waals surface area contributed by atoms with Gasteiger partial charge in [-0.2, -0.15) is 0 Å². The Bertz CT molecular complexity index is 782. The molecular formula is C21H22N2O3. The Hall–Kier alpha value is -2.43. The fourth-order valence-corrected chi connectivity index (χ4v) is 5.43. The van der Waals surface area contributed by atoms with Crippen LogP contribution < -0.4 is 5.32 Å². The van der Waals surface area contributed by atoms with Crippen molar-refractivity contribution in [3.05, 3.63) is 48.0 Å². The maximum atomic E-state index is 12.9. The quantitative estimate of drug-likeness (QED) is 0.666. The third kappa shape index (κ3) is 2.19. The van der Waals surface area contributed by atoms with Gasteiger partial charge in [0.05, 0.1) is 17.9 Å². The lowest BCUT2D eigenvalue weighted by atomic mass is 9.63. The summed E-state index contributed by atoms with van der Waals surface area (Å²) in [4.78, 5) is 39.4. The average Bonchev–Trinajstić information content (AvgIpc) is 3.43. The molecule has 5 heteroatoms. The maximum Gasteiger partial charge on any atom is 0.240 e. The summed E-state index contributed by atoms with van der Waals surface area (Å²) in [7, 11) is 0. The molecule has 0 unspecified atom stereocenters. The second kappa shape index (κ2) is 5.53. The van der Waals surface area contributed by atoms with E-state index in [9.17, 15) is 14.4 Å². The van der Waals surface area contributed by atoms with Crippen molar-refractivity contribution >= 4 is 17.7 Å². The van der Waals surface area contributed by atoms with Crippen molar-refractivity contribution < 1.29 is 14.4 Å². The first kappa shape index (κ1) is 15.8. The number of nitrogens with one attached hydrogen (secondary N) is 1. The first-order valence-electron chi connectivity index (χ1n) is 9.44. The van der Waals surface area contributed by atoms with Gasteiger partial charge >= 0.3 is 0 Å². The highest BCUT2D eigenvalue weighted by Gasteiger charge is 2.67. The smallest absolute Gasteiger partial charge is 0.240 e. The van der Waals surface area contributed by atoms with E-state index in [1.807, 2.05) is 37.3 Å². The number of benzene rings is 1. The fraction of sp³-hybridized carbons (Fsp3) is 0.476. The molecule has 4 aliphatic carbocycles. The second-order valence-corrected chi connectivity index (χ2v) is 8.12. The Morgan fingerprint density at radius 3 is 2.23 bits per heavy atom. The molecule has 0 radical (unpaired) electrons. The Morgan fingerprint density at radius 1 is 1.08 bits per heavy atom. The van der Waals surface area contributed by atoms with E-state index in [1.165, 1.54) is 4.90 Å². The van der Waals surface area contributed by atoms with Crippen LogP contribution in [0.4, 0.5) is 0 Å². The minimum Gasteiger partial charge on any atom is -0.348 e. The molecule has 1 aromatic carbocycles. The first-order chi connectivity index (χ1) is 12.6. The van der Waals surface area contributed by atoms with E-state index < -0.39 is 0 Å². The normalized spacial score (nSPS) is 37.3. The van der Waals surface area contributed by atoms with Crippen molar-refractivity contribution in [1.82, 2.24) is 10.2 Å². The summed E-state index contributed by atoms with van der Waals surface area (Å²) in [5.74, 6) is 0.503. The molecule has 3 fully saturated rings. The van der Waals surface area contributed by atoms with Gasteiger partial charge in [0.1, 0.15) is 6.54 Å². The number of carbonyl (C=O) groups is 3. The Labute approximate surface area is 152 Å². The highest BCUT2D eigenvalue weighted by Crippen LogP contribution is 2.65. The topological polar surface area (TPSA) is 66.5 Å². The lowest BCUT2D eigenvalue weighted by Crippen LogP contribution is -2.42. The molecule has 1 heterocycles. The molecule has 134 valence electrons. The molecule has 1 aromatic rings. The standard InChI is InChI=1S/C21H22N2O3/c1-11(12-5-3-2-4-6-12)22-17(24)10-23-20(25)18-13-7-8-14(16-9-15(13)16)19(18)21(23)26/h2-8,11,13-16,18-19H,9-10H2,1H3,(H,22,24)/t11-,13-,14-,15-,16-,18-,19+/m1/s1. The van der Waals surface area contributed by atoms with Crippen LogP contribution >= 0.6 is 0 Å². The summed E-state index contributed by atoms with van der Waals surface area (Å²) >= 11 is 0. The fourth-order valence-electron chi connectivity index (χ4n) is 5.43. The van der Waals surface area contributed by atoms with Crippen molar-refractivity contribution in [3.8, 4) is 0 Å². The molecule has 3 amide bonds. The van der Waals surface area contributed by atoms with Gasteiger partial charge in [0.15, 0.2) is 0 Å². The van der Waals surface area contributed by atoms with E-state index in [0.717, 1.165) is 12.0 Å². The molecular weight excluding hydrogens is 328 g/mol. The minimum atomic E-state index is -0.285. The third-order valence-corrected chi connectivity index (χ3v) is 6.73. The number of carbonyl (C=O) groups excluding carboxylic acids is 3. The summed E-state index contributed by atoms with van der Waals surface area (Å²) in [6.45, 7) is 1.73. The molecule has 26 heavy (non-hydrogen) atoms. The molecule has 1 saturated heterocycles. The predicted octanol–water partition coefficient (Wildman–Crippen LogP) is 1.92. The Balaban J connectivity index is 1.29. The number of likely N-dealkylation sites (tertiary alicyclic amines) is 1.